The van der Waals surface area contributed by atoms with Gasteiger partial charge in [0.25, 0.3) is 0 Å². The van der Waals surface area contributed by atoms with E-state index in [0.717, 1.165) is 110 Å². The van der Waals surface area contributed by atoms with Gasteiger partial charge in [-0.2, -0.15) is 0 Å². The van der Waals surface area contributed by atoms with E-state index in [0.29, 0.717) is 50.9 Å². The van der Waals surface area contributed by atoms with E-state index in [1.165, 1.54) is 154 Å². The molecule has 0 radical (unpaired) electrons. The lowest BCUT2D eigenvalue weighted by Crippen LogP contribution is -2.46. The molecule has 0 spiro atoms. The van der Waals surface area contributed by atoms with Gasteiger partial charge in [-0.3, -0.25) is 14.4 Å². The van der Waals surface area contributed by atoms with Crippen LogP contribution in [0.4, 0.5) is 0 Å². The summed E-state index contributed by atoms with van der Waals surface area (Å²) in [4.78, 5) is 42.0. The predicted molar refractivity (Wildman–Crippen MR) is 300 cm³/mol. The van der Waals surface area contributed by atoms with Crippen molar-refractivity contribution in [3.05, 3.63) is 24.3 Å². The number of nitrogens with zero attached hydrogens (tertiary/aromatic N) is 1. The van der Waals surface area contributed by atoms with Gasteiger partial charge in [-0.05, 0) is 170 Å². The molecule has 7 heteroatoms. The van der Waals surface area contributed by atoms with E-state index in [1.54, 1.807) is 0 Å². The second kappa shape index (κ2) is 39.3. The highest BCUT2D eigenvalue weighted by Gasteiger charge is 2.58. The fourth-order valence-corrected chi connectivity index (χ4v) is 13.6. The molecule has 7 nitrogen and oxygen atoms in total. The normalized spacial score (nSPS) is 21.8. The van der Waals surface area contributed by atoms with Crippen molar-refractivity contribution in [2.24, 2.45) is 28.1 Å². The summed E-state index contributed by atoms with van der Waals surface area (Å²) in [5, 5.41) is 0. The molecule has 0 aromatic rings. The topological polar surface area (TPSA) is 82.1 Å². The molecule has 4 aliphatic carbocycles. The van der Waals surface area contributed by atoms with Crippen molar-refractivity contribution in [2.45, 2.75) is 298 Å². The molecule has 0 aromatic carbocycles. The van der Waals surface area contributed by atoms with Crippen LogP contribution in [0.25, 0.3) is 0 Å². The van der Waals surface area contributed by atoms with E-state index < -0.39 is 0 Å². The van der Waals surface area contributed by atoms with E-state index in [1.807, 2.05) is 0 Å². The molecule has 0 aliphatic heterocycles. The second-order valence-corrected chi connectivity index (χ2v) is 23.7. The molecule has 0 aromatic heterocycles. The van der Waals surface area contributed by atoms with E-state index >= 15 is 0 Å². The van der Waals surface area contributed by atoms with Gasteiger partial charge >= 0.3 is 17.9 Å². The lowest BCUT2D eigenvalue weighted by Gasteiger charge is -2.56. The number of carbonyl (C=O) groups excluding carboxylic acids is 3. The van der Waals surface area contributed by atoms with Crippen molar-refractivity contribution >= 4 is 17.9 Å². The van der Waals surface area contributed by atoms with Gasteiger partial charge in [-0.25, -0.2) is 0 Å². The third kappa shape index (κ3) is 28.4. The first-order valence-electron chi connectivity index (χ1n) is 31.1. The first-order chi connectivity index (χ1) is 34.6. The molecule has 4 bridgehead atoms. The van der Waals surface area contributed by atoms with Crippen LogP contribution in [0, 0.1) is 28.1 Å². The Bertz CT molecular complexity index is 1410. The third-order valence-corrected chi connectivity index (χ3v) is 17.5. The molecular weight excluding hydrogens is 879 g/mol. The predicted octanol–water partition coefficient (Wildman–Crippen LogP) is 18.4. The van der Waals surface area contributed by atoms with Crippen LogP contribution >= 0.6 is 0 Å². The lowest BCUT2D eigenvalue weighted by atomic mass is 9.49. The van der Waals surface area contributed by atoms with Gasteiger partial charge in [0.1, 0.15) is 0 Å². The van der Waals surface area contributed by atoms with Crippen LogP contribution in [-0.4, -0.2) is 62.3 Å². The average Bonchev–Trinajstić information content (AvgIpc) is 3.52. The number of rotatable bonds is 47. The summed E-state index contributed by atoms with van der Waals surface area (Å²) in [6.45, 7) is 15.6. The molecule has 4 unspecified atom stereocenters. The number of carbonyl (C=O) groups is 3. The van der Waals surface area contributed by atoms with E-state index in [2.05, 4.69) is 63.8 Å². The maximum absolute atomic E-state index is 13.7. The quantitative estimate of drug-likeness (QED) is 0.0260. The molecule has 0 amide bonds. The Kier molecular flexibility index (Phi) is 34.9. The largest absolute Gasteiger partial charge is 0.466 e. The molecular formula is C64H115NO6. The van der Waals surface area contributed by atoms with Gasteiger partial charge in [-0.1, -0.05) is 181 Å². The lowest BCUT2D eigenvalue weighted by molar-refractivity contribution is -0.147. The molecule has 0 saturated heterocycles. The van der Waals surface area contributed by atoms with Crippen molar-refractivity contribution in [1.82, 2.24) is 4.90 Å². The molecule has 0 N–H and O–H groups in total. The van der Waals surface area contributed by atoms with E-state index in [9.17, 15) is 14.4 Å². The van der Waals surface area contributed by atoms with Gasteiger partial charge in [0.05, 0.1) is 19.8 Å². The van der Waals surface area contributed by atoms with Crippen LogP contribution in [0.2, 0.25) is 0 Å². The minimum atomic E-state index is -0.0594. The fourth-order valence-electron chi connectivity index (χ4n) is 13.6. The number of allylic oxidation sites excluding steroid dienone is 4. The van der Waals surface area contributed by atoms with Crippen LogP contribution in [0.15, 0.2) is 24.3 Å². The van der Waals surface area contributed by atoms with Gasteiger partial charge in [0, 0.05) is 19.3 Å². The zero-order valence-electron chi connectivity index (χ0n) is 47.6. The summed E-state index contributed by atoms with van der Waals surface area (Å²) < 4.78 is 18.3. The summed E-state index contributed by atoms with van der Waals surface area (Å²) in [6, 6.07) is 0. The Morgan fingerprint density at radius 3 is 1.41 bits per heavy atom. The van der Waals surface area contributed by atoms with Gasteiger partial charge < -0.3 is 19.1 Å². The van der Waals surface area contributed by atoms with Crippen molar-refractivity contribution in [2.75, 3.05) is 39.5 Å². The Labute approximate surface area is 439 Å². The Morgan fingerprint density at radius 2 is 0.887 bits per heavy atom. The highest BCUT2D eigenvalue weighted by atomic mass is 16.5. The van der Waals surface area contributed by atoms with Crippen molar-refractivity contribution in [3.8, 4) is 0 Å². The van der Waals surface area contributed by atoms with Crippen molar-refractivity contribution in [3.63, 3.8) is 0 Å². The highest BCUT2D eigenvalue weighted by molar-refractivity contribution is 5.70. The zero-order chi connectivity index (χ0) is 51.1. The van der Waals surface area contributed by atoms with Crippen LogP contribution < -0.4 is 0 Å². The highest BCUT2D eigenvalue weighted by Crippen LogP contribution is 2.69. The number of esters is 3. The number of hydrogen-bond acceptors (Lipinski definition) is 7. The van der Waals surface area contributed by atoms with Crippen LogP contribution in [-0.2, 0) is 28.6 Å². The summed E-state index contributed by atoms with van der Waals surface area (Å²) >= 11 is 0. The summed E-state index contributed by atoms with van der Waals surface area (Å²) in [5.41, 5.74) is 0.387. The number of ether oxygens (including phenoxy) is 3. The van der Waals surface area contributed by atoms with E-state index in [4.69, 9.17) is 14.2 Å². The molecule has 4 fully saturated rings. The maximum atomic E-state index is 13.7. The van der Waals surface area contributed by atoms with Crippen molar-refractivity contribution in [1.29, 1.82) is 0 Å². The zero-order valence-corrected chi connectivity index (χ0v) is 47.6. The van der Waals surface area contributed by atoms with Crippen LogP contribution in [0.5, 0.6) is 0 Å². The number of hydrogen-bond donors (Lipinski definition) is 0. The first-order valence-corrected chi connectivity index (χ1v) is 31.1. The molecule has 4 rings (SSSR count). The van der Waals surface area contributed by atoms with Gasteiger partial charge in [0.2, 0.25) is 0 Å². The number of fused-ring (bicyclic) bond motifs is 1. The first kappa shape index (κ1) is 63.1. The Morgan fingerprint density at radius 1 is 0.479 bits per heavy atom. The summed E-state index contributed by atoms with van der Waals surface area (Å²) in [6.07, 6.45) is 56.1. The standard InChI is InChI=1S/C64H115NO6/c1-6-11-14-17-20-21-22-23-24-25-26-27-30-33-36-40-59(66)69-48-44-62-42-43-63(45-49-70-60(67)41-37-47-65(9-4)10-5)53-58(52-62)54-64(55-62,56-63)46-50-71-61(68)51-57(38-34-31-28-18-15-12-7-2)39-35-32-29-19-16-13-8-3/h20-21,23-24,57-58H,6-19,22,25-56H2,1-5H3/b21-20-,24-23-. The van der Waals surface area contributed by atoms with Gasteiger partial charge in [0.15, 0.2) is 0 Å². The Balaban J connectivity index is 1.53. The molecule has 4 saturated carbocycles. The van der Waals surface area contributed by atoms with Crippen LogP contribution in [0.1, 0.15) is 298 Å². The molecule has 4 atom stereocenters. The molecule has 0 heterocycles. The maximum Gasteiger partial charge on any atom is 0.306 e. The molecule has 71 heavy (non-hydrogen) atoms. The monoisotopic (exact) mass is 994 g/mol. The SMILES string of the molecule is CCCCC/C=C\C/C=C\CCCCCCCC(=O)OCCC12CCC3(CCOC(=O)CCCN(CC)CC)CC(C1)CC(CCOC(=O)CC(CCCCCCCCC)CCCCCCCCC)(C2)C3. The van der Waals surface area contributed by atoms with E-state index in [-0.39, 0.29) is 34.2 Å². The Hall–Kier alpha value is -2.15. The summed E-state index contributed by atoms with van der Waals surface area (Å²) in [7, 11) is 0. The van der Waals surface area contributed by atoms with Gasteiger partial charge in [-0.15, -0.1) is 0 Å². The minimum absolute atomic E-state index is 0.0109. The summed E-state index contributed by atoms with van der Waals surface area (Å²) in [5.74, 6) is 0.956. The minimum Gasteiger partial charge on any atom is -0.466 e. The third-order valence-electron chi connectivity index (χ3n) is 17.5. The second-order valence-electron chi connectivity index (χ2n) is 23.7. The average molecular weight is 995 g/mol. The molecule has 412 valence electrons. The van der Waals surface area contributed by atoms with Crippen LogP contribution in [0.3, 0.4) is 0 Å². The number of unbranched alkanes of at least 4 members (excludes halogenated alkanes) is 20. The van der Waals surface area contributed by atoms with Crippen molar-refractivity contribution < 1.29 is 28.6 Å². The smallest absolute Gasteiger partial charge is 0.306 e. The molecule has 4 aliphatic rings. The fraction of sp³-hybridized carbons (Fsp3) is 0.891.